The van der Waals surface area contributed by atoms with Crippen molar-refractivity contribution in [3.8, 4) is 0 Å². The Morgan fingerprint density at radius 3 is 3.00 bits per heavy atom. The summed E-state index contributed by atoms with van der Waals surface area (Å²) in [6.07, 6.45) is 0. The van der Waals surface area contributed by atoms with Gasteiger partial charge in [-0.25, -0.2) is 9.37 Å². The van der Waals surface area contributed by atoms with E-state index in [1.807, 2.05) is 0 Å². The zero-order valence-corrected chi connectivity index (χ0v) is 6.59. The second kappa shape index (κ2) is 3.80. The highest BCUT2D eigenvalue weighted by atomic mass is 19.1. The van der Waals surface area contributed by atoms with E-state index in [0.29, 0.717) is 5.82 Å². The van der Waals surface area contributed by atoms with Crippen molar-refractivity contribution in [2.75, 3.05) is 13.2 Å². The molecule has 6 heteroatoms. The van der Waals surface area contributed by atoms with Gasteiger partial charge in [0.05, 0.1) is 0 Å². The van der Waals surface area contributed by atoms with Gasteiger partial charge in [-0.1, -0.05) is 0 Å². The first-order valence-electron chi connectivity index (χ1n) is 3.47. The predicted octanol–water partition coefficient (Wildman–Crippen LogP) is -0.188. The molecule has 0 spiro atoms. The van der Waals surface area contributed by atoms with E-state index in [-0.39, 0.29) is 12.4 Å². The smallest absolute Gasteiger partial charge is 0.291 e. The molecule has 1 aromatic rings. The van der Waals surface area contributed by atoms with Crippen LogP contribution >= 0.6 is 0 Å². The molecule has 0 aliphatic rings. The molecule has 66 valence electrons. The minimum absolute atomic E-state index is 0.00752. The summed E-state index contributed by atoms with van der Waals surface area (Å²) in [6, 6.07) is 0. The summed E-state index contributed by atoms with van der Waals surface area (Å²) in [6.45, 7) is 1.08. The Morgan fingerprint density at radius 2 is 2.50 bits per heavy atom. The summed E-state index contributed by atoms with van der Waals surface area (Å²) in [5, 5.41) is 8.41. The molecule has 1 heterocycles. The molecule has 0 fully saturated rings. The number of hydrogen-bond donors (Lipinski definition) is 2. The SMILES string of the molecule is Cc1nc(C(=O)NCCF)n[nH]1. The van der Waals surface area contributed by atoms with Crippen LogP contribution in [0.2, 0.25) is 0 Å². The largest absolute Gasteiger partial charge is 0.347 e. The van der Waals surface area contributed by atoms with Gasteiger partial charge >= 0.3 is 0 Å². The number of nitrogens with zero attached hydrogens (tertiary/aromatic N) is 2. The van der Waals surface area contributed by atoms with Crippen molar-refractivity contribution in [1.29, 1.82) is 0 Å². The number of alkyl halides is 1. The number of nitrogens with one attached hydrogen (secondary N) is 2. The molecule has 0 saturated heterocycles. The van der Waals surface area contributed by atoms with Crippen molar-refractivity contribution in [2.45, 2.75) is 6.92 Å². The summed E-state index contributed by atoms with van der Waals surface area (Å²) >= 11 is 0. The Bertz CT molecular complexity index is 272. The number of aryl methyl sites for hydroxylation is 1. The Labute approximate surface area is 68.4 Å². The van der Waals surface area contributed by atoms with Crippen molar-refractivity contribution < 1.29 is 9.18 Å². The Balaban J connectivity index is 2.53. The minimum atomic E-state index is -0.588. The third kappa shape index (κ3) is 2.01. The number of carbonyl (C=O) groups is 1. The van der Waals surface area contributed by atoms with Gasteiger partial charge in [0, 0.05) is 6.54 Å². The molecular formula is C6H9FN4O. The average Bonchev–Trinajstić information content (AvgIpc) is 2.47. The van der Waals surface area contributed by atoms with Gasteiger partial charge in [0.15, 0.2) is 0 Å². The molecule has 2 N–H and O–H groups in total. The fourth-order valence-corrected chi connectivity index (χ4v) is 0.684. The number of aromatic nitrogens is 3. The van der Waals surface area contributed by atoms with E-state index in [9.17, 15) is 9.18 Å². The molecule has 0 aliphatic carbocycles. The van der Waals surface area contributed by atoms with Crippen LogP contribution in [0.3, 0.4) is 0 Å². The fourth-order valence-electron chi connectivity index (χ4n) is 0.684. The zero-order chi connectivity index (χ0) is 8.97. The Kier molecular flexibility index (Phi) is 2.73. The van der Waals surface area contributed by atoms with Crippen LogP contribution in [0.1, 0.15) is 16.4 Å². The van der Waals surface area contributed by atoms with E-state index in [2.05, 4.69) is 20.5 Å². The molecule has 0 aliphatic heterocycles. The van der Waals surface area contributed by atoms with Crippen LogP contribution in [0, 0.1) is 6.92 Å². The predicted molar refractivity (Wildman–Crippen MR) is 39.4 cm³/mol. The summed E-state index contributed by atoms with van der Waals surface area (Å²) in [7, 11) is 0. The maximum absolute atomic E-state index is 11.6. The Hall–Kier alpha value is -1.46. The molecule has 1 amide bonds. The molecule has 0 atom stereocenters. The number of H-pyrrole nitrogens is 1. The van der Waals surface area contributed by atoms with Crippen LogP contribution in [-0.2, 0) is 0 Å². The lowest BCUT2D eigenvalue weighted by atomic mass is 10.5. The van der Waals surface area contributed by atoms with E-state index in [0.717, 1.165) is 0 Å². The van der Waals surface area contributed by atoms with Gasteiger partial charge in [0.1, 0.15) is 12.5 Å². The quantitative estimate of drug-likeness (QED) is 0.664. The number of rotatable bonds is 3. The maximum Gasteiger partial charge on any atom is 0.291 e. The number of hydrogen-bond acceptors (Lipinski definition) is 3. The molecule has 12 heavy (non-hydrogen) atoms. The van der Waals surface area contributed by atoms with Gasteiger partial charge < -0.3 is 5.32 Å². The van der Waals surface area contributed by atoms with Crippen LogP contribution in [0.4, 0.5) is 4.39 Å². The summed E-state index contributed by atoms with van der Waals surface area (Å²) in [4.78, 5) is 14.8. The highest BCUT2D eigenvalue weighted by molar-refractivity contribution is 5.90. The van der Waals surface area contributed by atoms with Crippen LogP contribution in [0.5, 0.6) is 0 Å². The Morgan fingerprint density at radius 1 is 1.75 bits per heavy atom. The van der Waals surface area contributed by atoms with Crippen LogP contribution in [0.25, 0.3) is 0 Å². The van der Waals surface area contributed by atoms with Crippen LogP contribution < -0.4 is 5.32 Å². The third-order valence-corrected chi connectivity index (χ3v) is 1.18. The van der Waals surface area contributed by atoms with Crippen molar-refractivity contribution >= 4 is 5.91 Å². The first-order chi connectivity index (χ1) is 5.74. The first-order valence-corrected chi connectivity index (χ1v) is 3.47. The highest BCUT2D eigenvalue weighted by Crippen LogP contribution is 1.89. The van der Waals surface area contributed by atoms with Gasteiger partial charge in [-0.2, -0.15) is 0 Å². The van der Waals surface area contributed by atoms with Crippen LogP contribution in [-0.4, -0.2) is 34.3 Å². The summed E-state index contributed by atoms with van der Waals surface area (Å²) < 4.78 is 11.6. The van der Waals surface area contributed by atoms with E-state index in [4.69, 9.17) is 0 Å². The number of carbonyl (C=O) groups excluding carboxylic acids is 1. The lowest BCUT2D eigenvalue weighted by Crippen LogP contribution is -2.26. The first kappa shape index (κ1) is 8.63. The van der Waals surface area contributed by atoms with Crippen molar-refractivity contribution in [3.05, 3.63) is 11.6 Å². The molecule has 1 rings (SSSR count). The second-order valence-corrected chi connectivity index (χ2v) is 2.19. The molecular weight excluding hydrogens is 163 g/mol. The molecule has 0 aromatic carbocycles. The third-order valence-electron chi connectivity index (χ3n) is 1.18. The topological polar surface area (TPSA) is 70.7 Å². The van der Waals surface area contributed by atoms with E-state index >= 15 is 0 Å². The standard InChI is InChI=1S/C6H9FN4O/c1-4-9-5(11-10-4)6(12)8-3-2-7/h2-3H2,1H3,(H,8,12)(H,9,10,11). The molecule has 5 nitrogen and oxygen atoms in total. The summed E-state index contributed by atoms with van der Waals surface area (Å²) in [5.41, 5.74) is 0. The molecule has 1 aromatic heterocycles. The van der Waals surface area contributed by atoms with Crippen molar-refractivity contribution in [3.63, 3.8) is 0 Å². The zero-order valence-electron chi connectivity index (χ0n) is 6.59. The average molecular weight is 172 g/mol. The number of halogens is 1. The monoisotopic (exact) mass is 172 g/mol. The molecule has 0 unspecified atom stereocenters. The van der Waals surface area contributed by atoms with Crippen molar-refractivity contribution in [1.82, 2.24) is 20.5 Å². The van der Waals surface area contributed by atoms with E-state index in [1.54, 1.807) is 6.92 Å². The fraction of sp³-hybridized carbons (Fsp3) is 0.500. The van der Waals surface area contributed by atoms with Gasteiger partial charge in [0.2, 0.25) is 5.82 Å². The minimum Gasteiger partial charge on any atom is -0.347 e. The van der Waals surface area contributed by atoms with Gasteiger partial charge in [0.25, 0.3) is 5.91 Å². The van der Waals surface area contributed by atoms with E-state index < -0.39 is 12.6 Å². The second-order valence-electron chi connectivity index (χ2n) is 2.19. The maximum atomic E-state index is 11.6. The molecule has 0 radical (unpaired) electrons. The summed E-state index contributed by atoms with van der Waals surface area (Å²) in [5.74, 6) is 0.137. The highest BCUT2D eigenvalue weighted by Gasteiger charge is 2.09. The van der Waals surface area contributed by atoms with Crippen LogP contribution in [0.15, 0.2) is 0 Å². The van der Waals surface area contributed by atoms with Gasteiger partial charge in [-0.3, -0.25) is 9.89 Å². The van der Waals surface area contributed by atoms with Gasteiger partial charge in [-0.05, 0) is 6.92 Å². The molecule has 0 bridgehead atoms. The van der Waals surface area contributed by atoms with Crippen molar-refractivity contribution in [2.24, 2.45) is 0 Å². The lowest BCUT2D eigenvalue weighted by molar-refractivity contribution is 0.0941. The van der Waals surface area contributed by atoms with Gasteiger partial charge in [-0.15, -0.1) is 5.10 Å². The molecule has 0 saturated carbocycles. The normalized spacial score (nSPS) is 9.83. The number of amides is 1. The van der Waals surface area contributed by atoms with E-state index in [1.165, 1.54) is 0 Å². The number of aromatic amines is 1. The lowest BCUT2D eigenvalue weighted by Gasteiger charge is -1.95.